The Morgan fingerprint density at radius 1 is 1.00 bits per heavy atom. The van der Waals surface area contributed by atoms with E-state index in [0.29, 0.717) is 56.2 Å². The van der Waals surface area contributed by atoms with E-state index in [9.17, 15) is 12.8 Å². The lowest BCUT2D eigenvalue weighted by atomic mass is 10.1. The van der Waals surface area contributed by atoms with E-state index in [2.05, 4.69) is 20.3 Å². The van der Waals surface area contributed by atoms with Crippen LogP contribution in [0.5, 0.6) is 11.5 Å². The molecule has 3 aromatic heterocycles. The molecule has 3 heterocycles. The molecule has 0 fully saturated rings. The van der Waals surface area contributed by atoms with E-state index in [1.165, 1.54) is 42.1 Å². The summed E-state index contributed by atoms with van der Waals surface area (Å²) in [5, 5.41) is 7.06. The highest BCUT2D eigenvalue weighted by Crippen LogP contribution is 2.38. The molecular weight excluding hydrogens is 689 g/mol. The highest BCUT2D eigenvalue weighted by atomic mass is 35.5. The Hall–Kier alpha value is -4.69. The molecule has 0 saturated heterocycles. The molecule has 14 heteroatoms. The van der Waals surface area contributed by atoms with Crippen LogP contribution in [0.15, 0.2) is 95.7 Å². The Morgan fingerprint density at radius 2 is 1.88 bits per heavy atom. The van der Waals surface area contributed by atoms with Gasteiger partial charge in [0, 0.05) is 34.3 Å². The van der Waals surface area contributed by atoms with Crippen molar-refractivity contribution in [2.45, 2.75) is 31.1 Å². The molecule has 6 aromatic rings. The lowest BCUT2D eigenvalue weighted by Crippen LogP contribution is -2.15. The molecule has 3 aromatic carbocycles. The van der Waals surface area contributed by atoms with Crippen LogP contribution < -0.4 is 14.8 Å². The van der Waals surface area contributed by atoms with Gasteiger partial charge >= 0.3 is 0 Å². The molecule has 0 saturated carbocycles. The average molecular weight is 720 g/mol. The predicted octanol–water partition coefficient (Wildman–Crippen LogP) is 8.21. The van der Waals surface area contributed by atoms with Gasteiger partial charge in [-0.3, -0.25) is 0 Å². The van der Waals surface area contributed by atoms with Crippen molar-refractivity contribution in [1.82, 2.24) is 19.9 Å². The van der Waals surface area contributed by atoms with Crippen LogP contribution in [-0.4, -0.2) is 47.8 Å². The molecule has 0 spiro atoms. The van der Waals surface area contributed by atoms with E-state index in [4.69, 9.17) is 30.8 Å². The van der Waals surface area contributed by atoms with Gasteiger partial charge in [-0.15, -0.1) is 11.3 Å². The number of ether oxygens (including phenoxy) is 3. The molecule has 10 nitrogen and oxygen atoms in total. The lowest BCUT2D eigenvalue weighted by molar-refractivity contribution is 0.0609. The van der Waals surface area contributed by atoms with Crippen molar-refractivity contribution in [2.24, 2.45) is 0 Å². The molecule has 0 aliphatic heterocycles. The van der Waals surface area contributed by atoms with Crippen molar-refractivity contribution in [1.29, 1.82) is 0 Å². The van der Waals surface area contributed by atoms with E-state index in [1.807, 2.05) is 30.5 Å². The molecule has 0 aliphatic rings. The summed E-state index contributed by atoms with van der Waals surface area (Å²) in [6.07, 6.45) is 3.12. The number of nitrogens with one attached hydrogen (secondary N) is 1. The molecule has 0 aliphatic carbocycles. The topological polar surface area (TPSA) is 125 Å². The number of hydrogen-bond donors (Lipinski definition) is 1. The maximum absolute atomic E-state index is 13.5. The number of halogens is 2. The zero-order valence-corrected chi connectivity index (χ0v) is 28.9. The number of aromatic nitrogens is 4. The van der Waals surface area contributed by atoms with Crippen molar-refractivity contribution in [3.63, 3.8) is 0 Å². The minimum Gasteiger partial charge on any atom is -0.496 e. The van der Waals surface area contributed by atoms with Crippen molar-refractivity contribution in [2.75, 3.05) is 24.8 Å². The standard InChI is InChI=1S/C35H31ClFN5O5S2/c1-3-30(46-13-14-49(43,44)33-9-4-5-12-38-33)35-42-29(20-48-35)25-17-26-28(18-32(25)45-2)39-21-40-34(26)41-24-10-11-31(27(36)16-24)47-19-22-7-6-8-23(37)15-22/h4-12,15-18,20-21,30H,3,13-14,19H2,1-2H3,(H,39,40,41). The summed E-state index contributed by atoms with van der Waals surface area (Å²) >= 11 is 7.96. The first-order chi connectivity index (χ1) is 23.7. The number of benzene rings is 3. The summed E-state index contributed by atoms with van der Waals surface area (Å²) in [6, 6.07) is 20.0. The van der Waals surface area contributed by atoms with Crippen molar-refractivity contribution in [3.8, 4) is 22.8 Å². The van der Waals surface area contributed by atoms with Crippen LogP contribution in [0.25, 0.3) is 22.2 Å². The van der Waals surface area contributed by atoms with Gasteiger partial charge in [-0.25, -0.2) is 32.7 Å². The molecule has 49 heavy (non-hydrogen) atoms. The maximum atomic E-state index is 13.5. The highest BCUT2D eigenvalue weighted by Gasteiger charge is 2.21. The van der Waals surface area contributed by atoms with Crippen LogP contribution in [0.3, 0.4) is 0 Å². The Labute approximate surface area is 291 Å². The molecule has 0 radical (unpaired) electrons. The zero-order valence-electron chi connectivity index (χ0n) is 26.5. The Bertz CT molecular complexity index is 2190. The summed E-state index contributed by atoms with van der Waals surface area (Å²) < 4.78 is 56.4. The Kier molecular flexibility index (Phi) is 10.6. The van der Waals surface area contributed by atoms with Gasteiger partial charge in [0.05, 0.1) is 35.7 Å². The molecule has 0 amide bonds. The van der Waals surface area contributed by atoms with Crippen LogP contribution in [0.1, 0.15) is 30.0 Å². The number of nitrogens with zero attached hydrogens (tertiary/aromatic N) is 4. The van der Waals surface area contributed by atoms with E-state index >= 15 is 0 Å². The molecule has 0 bridgehead atoms. The second kappa shape index (κ2) is 15.2. The molecule has 6 rings (SSSR count). The fourth-order valence-electron chi connectivity index (χ4n) is 5.03. The van der Waals surface area contributed by atoms with Gasteiger partial charge in [-0.2, -0.15) is 0 Å². The average Bonchev–Trinajstić information content (AvgIpc) is 3.60. The number of pyridine rings is 1. The maximum Gasteiger partial charge on any atom is 0.197 e. The number of anilines is 2. The Balaban J connectivity index is 1.19. The molecule has 252 valence electrons. The van der Waals surface area contributed by atoms with E-state index in [-0.39, 0.29) is 29.8 Å². The second-order valence-electron chi connectivity index (χ2n) is 10.8. The molecule has 1 N–H and O–H groups in total. The largest absolute Gasteiger partial charge is 0.496 e. The van der Waals surface area contributed by atoms with Gasteiger partial charge in [-0.1, -0.05) is 36.7 Å². The summed E-state index contributed by atoms with van der Waals surface area (Å²) in [4.78, 5) is 17.7. The van der Waals surface area contributed by atoms with Crippen LogP contribution in [-0.2, 0) is 21.2 Å². The van der Waals surface area contributed by atoms with Gasteiger partial charge in [-0.05, 0) is 60.5 Å². The van der Waals surface area contributed by atoms with Crippen LogP contribution in [0, 0.1) is 5.82 Å². The fourth-order valence-corrected chi connectivity index (χ4v) is 7.25. The first-order valence-corrected chi connectivity index (χ1v) is 18.1. The fraction of sp³-hybridized carbons (Fsp3) is 0.200. The van der Waals surface area contributed by atoms with Crippen molar-refractivity contribution in [3.05, 3.63) is 112 Å². The number of sulfone groups is 1. The van der Waals surface area contributed by atoms with Crippen molar-refractivity contribution < 1.29 is 27.0 Å². The lowest BCUT2D eigenvalue weighted by Gasteiger charge is -2.14. The molecule has 1 atom stereocenters. The number of methoxy groups -OCH3 is 1. The Morgan fingerprint density at radius 3 is 2.63 bits per heavy atom. The monoisotopic (exact) mass is 719 g/mol. The third-order valence-electron chi connectivity index (χ3n) is 7.51. The third kappa shape index (κ3) is 8.14. The number of rotatable bonds is 14. The summed E-state index contributed by atoms with van der Waals surface area (Å²) in [6.45, 7) is 2.13. The van der Waals surface area contributed by atoms with Crippen LogP contribution >= 0.6 is 22.9 Å². The summed E-state index contributed by atoms with van der Waals surface area (Å²) in [7, 11) is -1.99. The minimum absolute atomic E-state index is 0.00210. The number of fused-ring (bicyclic) bond motifs is 1. The summed E-state index contributed by atoms with van der Waals surface area (Å²) in [5.41, 5.74) is 3.40. The quantitative estimate of drug-likeness (QED) is 0.118. The third-order valence-corrected chi connectivity index (χ3v) is 10.3. The first kappa shape index (κ1) is 34.2. The van der Waals surface area contributed by atoms with E-state index < -0.39 is 15.9 Å². The van der Waals surface area contributed by atoms with Gasteiger partial charge < -0.3 is 19.5 Å². The van der Waals surface area contributed by atoms with Gasteiger partial charge in [0.15, 0.2) is 14.9 Å². The minimum atomic E-state index is -3.57. The van der Waals surface area contributed by atoms with E-state index in [1.54, 1.807) is 43.5 Å². The smallest absolute Gasteiger partial charge is 0.197 e. The number of hydrogen-bond acceptors (Lipinski definition) is 11. The van der Waals surface area contributed by atoms with Crippen LogP contribution in [0.4, 0.5) is 15.9 Å². The normalized spacial score (nSPS) is 12.2. The predicted molar refractivity (Wildman–Crippen MR) is 188 cm³/mol. The highest BCUT2D eigenvalue weighted by molar-refractivity contribution is 7.91. The van der Waals surface area contributed by atoms with Gasteiger partial charge in [0.1, 0.15) is 47.2 Å². The number of thiazole rings is 1. The van der Waals surface area contributed by atoms with Crippen molar-refractivity contribution >= 4 is 55.2 Å². The van der Waals surface area contributed by atoms with Gasteiger partial charge in [0.25, 0.3) is 0 Å². The first-order valence-electron chi connectivity index (χ1n) is 15.2. The summed E-state index contributed by atoms with van der Waals surface area (Å²) in [5.74, 6) is 1.05. The second-order valence-corrected chi connectivity index (χ2v) is 14.2. The van der Waals surface area contributed by atoms with E-state index in [0.717, 1.165) is 10.9 Å². The molecule has 1 unspecified atom stereocenters. The molecular formula is C35H31ClFN5O5S2. The van der Waals surface area contributed by atoms with Crippen LogP contribution in [0.2, 0.25) is 5.02 Å². The van der Waals surface area contributed by atoms with Gasteiger partial charge in [0.2, 0.25) is 0 Å². The SMILES string of the molecule is CCC(OCCS(=O)(=O)c1ccccn1)c1nc(-c2cc3c(Nc4ccc(OCc5cccc(F)c5)c(Cl)c4)ncnc3cc2OC)cs1. The zero-order chi connectivity index (χ0) is 34.4.